The number of carbonyl (C=O) groups is 2. The summed E-state index contributed by atoms with van der Waals surface area (Å²) >= 11 is 4.58. The van der Waals surface area contributed by atoms with Gasteiger partial charge < -0.3 is 24.4 Å². The highest BCUT2D eigenvalue weighted by Crippen LogP contribution is 2.48. The van der Waals surface area contributed by atoms with Crippen molar-refractivity contribution in [3.05, 3.63) is 75.3 Å². The number of thiazole rings is 1. The monoisotopic (exact) mass is 636 g/mol. The fourth-order valence-electron chi connectivity index (χ4n) is 5.23. The van der Waals surface area contributed by atoms with Gasteiger partial charge in [-0.1, -0.05) is 11.3 Å². The van der Waals surface area contributed by atoms with Crippen molar-refractivity contribution in [2.45, 2.75) is 32.4 Å². The summed E-state index contributed by atoms with van der Waals surface area (Å²) in [4.78, 5) is 33.3. The van der Waals surface area contributed by atoms with E-state index < -0.39 is 17.7 Å². The van der Waals surface area contributed by atoms with Gasteiger partial charge >= 0.3 is 5.91 Å². The lowest BCUT2D eigenvalue weighted by Gasteiger charge is -2.24. The van der Waals surface area contributed by atoms with Gasteiger partial charge in [0.15, 0.2) is 16.6 Å². The number of amides is 1. The molecule has 1 fully saturated rings. The number of ether oxygens (including phenoxy) is 3. The molecule has 2 atom stereocenters. The molecule has 9 nitrogen and oxygen atoms in total. The predicted molar refractivity (Wildman–Crippen MR) is 158 cm³/mol. The molecule has 0 unspecified atom stereocenters. The third kappa shape index (κ3) is 4.58. The Balaban J connectivity index is 1.55. The Morgan fingerprint density at radius 1 is 1.20 bits per heavy atom. The van der Waals surface area contributed by atoms with Gasteiger partial charge in [-0.25, -0.2) is 4.98 Å². The number of benzene rings is 3. The van der Waals surface area contributed by atoms with Crippen molar-refractivity contribution in [1.82, 2.24) is 4.98 Å². The van der Waals surface area contributed by atoms with E-state index in [1.807, 2.05) is 19.9 Å². The molecule has 210 valence electrons. The van der Waals surface area contributed by atoms with Crippen molar-refractivity contribution in [2.75, 3.05) is 18.6 Å². The predicted octanol–water partition coefficient (Wildman–Crippen LogP) is 6.12. The molecule has 1 saturated heterocycles. The number of ketones is 1. The second kappa shape index (κ2) is 10.4. The van der Waals surface area contributed by atoms with Crippen LogP contribution in [0.1, 0.15) is 36.6 Å². The number of methoxy groups -OCH3 is 1. The number of aromatic hydroxyl groups is 1. The van der Waals surface area contributed by atoms with Gasteiger partial charge in [0.25, 0.3) is 5.78 Å². The molecular weight excluding hydrogens is 612 g/mol. The Labute approximate surface area is 247 Å². The second-order valence-electron chi connectivity index (χ2n) is 9.74. The number of carbonyl (C=O) groups excluding carboxylic acids is 2. The van der Waals surface area contributed by atoms with E-state index in [0.29, 0.717) is 39.9 Å². The number of anilines is 1. The number of aliphatic hydroxyl groups is 1. The summed E-state index contributed by atoms with van der Waals surface area (Å²) in [5, 5.41) is 22.3. The molecule has 2 N–H and O–H groups in total. The molecule has 11 heteroatoms. The maximum Gasteiger partial charge on any atom is 0.301 e. The SMILES string of the molecule is CCOc1ccc2nc(N3C(=O)C(=O)/C(=C(/O)c4ccc5c(c4)C[C@H](C)O5)[C@@H]3c3cc(Br)c(O)c(OC)c3)sc2c1. The lowest BCUT2D eigenvalue weighted by Crippen LogP contribution is -2.29. The van der Waals surface area contributed by atoms with E-state index in [1.165, 1.54) is 29.4 Å². The summed E-state index contributed by atoms with van der Waals surface area (Å²) in [6, 6.07) is 12.7. The normalized spacial score (nSPS) is 19.5. The van der Waals surface area contributed by atoms with Crippen molar-refractivity contribution in [3.8, 4) is 23.0 Å². The Kier molecular flexibility index (Phi) is 6.87. The summed E-state index contributed by atoms with van der Waals surface area (Å²) in [5.74, 6) is -0.619. The van der Waals surface area contributed by atoms with Crippen LogP contribution in [0.5, 0.6) is 23.0 Å². The summed E-state index contributed by atoms with van der Waals surface area (Å²) in [5.41, 5.74) is 2.25. The molecule has 3 aromatic carbocycles. The van der Waals surface area contributed by atoms with Crippen LogP contribution in [0.3, 0.4) is 0 Å². The van der Waals surface area contributed by atoms with Gasteiger partial charge in [-0.2, -0.15) is 0 Å². The highest BCUT2D eigenvalue weighted by Gasteiger charge is 2.48. The highest BCUT2D eigenvalue weighted by atomic mass is 79.9. The van der Waals surface area contributed by atoms with Gasteiger partial charge in [0.05, 0.1) is 40.0 Å². The lowest BCUT2D eigenvalue weighted by atomic mass is 9.94. The first-order valence-electron chi connectivity index (χ1n) is 12.9. The summed E-state index contributed by atoms with van der Waals surface area (Å²) < 4.78 is 17.8. The van der Waals surface area contributed by atoms with Gasteiger partial charge in [-0.05, 0) is 89.4 Å². The number of phenols is 1. The van der Waals surface area contributed by atoms with Gasteiger partial charge in [-0.15, -0.1) is 0 Å². The van der Waals surface area contributed by atoms with Crippen LogP contribution in [0.25, 0.3) is 16.0 Å². The Morgan fingerprint density at radius 3 is 2.76 bits per heavy atom. The number of rotatable bonds is 6. The fourth-order valence-corrected chi connectivity index (χ4v) is 6.71. The summed E-state index contributed by atoms with van der Waals surface area (Å²) in [6.07, 6.45) is 0.656. The van der Waals surface area contributed by atoms with E-state index in [1.54, 1.807) is 36.4 Å². The van der Waals surface area contributed by atoms with Crippen LogP contribution in [0.4, 0.5) is 5.13 Å². The molecule has 1 aromatic heterocycles. The van der Waals surface area contributed by atoms with Crippen LogP contribution in [0.15, 0.2) is 58.6 Å². The average molecular weight is 638 g/mol. The highest BCUT2D eigenvalue weighted by molar-refractivity contribution is 9.10. The summed E-state index contributed by atoms with van der Waals surface area (Å²) in [6.45, 7) is 4.34. The van der Waals surface area contributed by atoms with Crippen LogP contribution in [0.2, 0.25) is 0 Å². The van der Waals surface area contributed by atoms with Crippen LogP contribution in [-0.4, -0.2) is 46.7 Å². The third-order valence-electron chi connectivity index (χ3n) is 7.07. The van der Waals surface area contributed by atoms with Crippen LogP contribution < -0.4 is 19.1 Å². The first kappa shape index (κ1) is 27.1. The van der Waals surface area contributed by atoms with E-state index in [9.17, 15) is 19.8 Å². The Bertz CT molecular complexity index is 1770. The Hall–Kier alpha value is -4.09. The van der Waals surface area contributed by atoms with Crippen LogP contribution in [0, 0.1) is 0 Å². The first-order chi connectivity index (χ1) is 19.7. The summed E-state index contributed by atoms with van der Waals surface area (Å²) in [7, 11) is 1.40. The smallest absolute Gasteiger partial charge is 0.301 e. The van der Waals surface area contributed by atoms with E-state index in [2.05, 4.69) is 20.9 Å². The number of fused-ring (bicyclic) bond motifs is 2. The second-order valence-corrected chi connectivity index (χ2v) is 11.6. The average Bonchev–Trinajstić information content (AvgIpc) is 3.61. The molecule has 2 aliphatic heterocycles. The van der Waals surface area contributed by atoms with Crippen molar-refractivity contribution in [1.29, 1.82) is 0 Å². The number of halogens is 1. The molecule has 0 aliphatic carbocycles. The van der Waals surface area contributed by atoms with Crippen molar-refractivity contribution in [3.63, 3.8) is 0 Å². The third-order valence-corrected chi connectivity index (χ3v) is 8.69. The Morgan fingerprint density at radius 2 is 2.00 bits per heavy atom. The molecule has 1 amide bonds. The molecule has 0 radical (unpaired) electrons. The molecule has 0 bridgehead atoms. The number of hydrogen-bond donors (Lipinski definition) is 2. The number of nitrogens with zero attached hydrogens (tertiary/aromatic N) is 2. The van der Waals surface area contributed by atoms with Crippen molar-refractivity contribution in [2.24, 2.45) is 0 Å². The van der Waals surface area contributed by atoms with E-state index in [4.69, 9.17) is 14.2 Å². The van der Waals surface area contributed by atoms with Gasteiger partial charge in [0.1, 0.15) is 23.4 Å². The molecule has 2 aliphatic rings. The standard InChI is InChI=1S/C30H25BrN2O7S/c1-4-39-18-6-7-20-23(13-18)41-30(32-20)33-25(17-11-19(31)27(35)22(12-17)38-3)24(28(36)29(33)37)26(34)15-5-8-21-16(10-15)9-14(2)40-21/h5-8,10-14,25,34-35H,4,9H2,1-3H3/b26-24+/t14-,25-/m0/s1. The zero-order valence-corrected chi connectivity index (χ0v) is 24.7. The molecule has 4 aromatic rings. The van der Waals surface area contributed by atoms with Crippen molar-refractivity contribution < 1.29 is 34.0 Å². The van der Waals surface area contributed by atoms with Crippen molar-refractivity contribution >= 4 is 60.1 Å². The number of aliphatic hydroxyl groups excluding tert-OH is 1. The van der Waals surface area contributed by atoms with Crippen LogP contribution in [-0.2, 0) is 16.0 Å². The number of phenolic OH excluding ortho intramolecular Hbond substituents is 1. The topological polar surface area (TPSA) is 118 Å². The molecule has 0 saturated carbocycles. The lowest BCUT2D eigenvalue weighted by molar-refractivity contribution is -0.132. The molecule has 3 heterocycles. The minimum Gasteiger partial charge on any atom is -0.507 e. The minimum atomic E-state index is -1.06. The largest absolute Gasteiger partial charge is 0.507 e. The van der Waals surface area contributed by atoms with E-state index in [-0.39, 0.29) is 34.1 Å². The van der Waals surface area contributed by atoms with Gasteiger partial charge in [-0.3, -0.25) is 14.5 Å². The minimum absolute atomic E-state index is 0.00272. The number of Topliss-reactive ketones (excluding diaryl/α,β-unsaturated/α-hetero) is 1. The molecule has 41 heavy (non-hydrogen) atoms. The number of hydrogen-bond acceptors (Lipinski definition) is 9. The fraction of sp³-hybridized carbons (Fsp3) is 0.233. The van der Waals surface area contributed by atoms with Gasteiger partial charge in [0, 0.05) is 12.0 Å². The molecular formula is C30H25BrN2O7S. The van der Waals surface area contributed by atoms with Gasteiger partial charge in [0.2, 0.25) is 0 Å². The van der Waals surface area contributed by atoms with Crippen LogP contribution >= 0.6 is 27.3 Å². The zero-order valence-electron chi connectivity index (χ0n) is 22.3. The quantitative estimate of drug-likeness (QED) is 0.148. The molecule has 6 rings (SSSR count). The zero-order chi connectivity index (χ0) is 29.0. The maximum atomic E-state index is 13.7. The number of aromatic nitrogens is 1. The van der Waals surface area contributed by atoms with E-state index in [0.717, 1.165) is 16.0 Å². The first-order valence-corrected chi connectivity index (χ1v) is 14.5. The maximum absolute atomic E-state index is 13.7. The molecule has 0 spiro atoms. The van der Waals surface area contributed by atoms with E-state index >= 15 is 0 Å².